The van der Waals surface area contributed by atoms with E-state index in [-0.39, 0.29) is 43.2 Å². The zero-order chi connectivity index (χ0) is 28.2. The molecule has 1 aliphatic carbocycles. The van der Waals surface area contributed by atoms with Crippen molar-refractivity contribution in [3.63, 3.8) is 0 Å². The van der Waals surface area contributed by atoms with Crippen LogP contribution in [-0.4, -0.2) is 41.3 Å². The van der Waals surface area contributed by atoms with Crippen molar-refractivity contribution in [2.45, 2.75) is 38.3 Å². The molecule has 0 saturated carbocycles. The molecule has 3 amide bonds. The van der Waals surface area contributed by atoms with Crippen LogP contribution in [0.5, 0.6) is 0 Å². The van der Waals surface area contributed by atoms with E-state index >= 15 is 0 Å². The molecule has 2 aliphatic rings. The highest BCUT2D eigenvalue weighted by Gasteiger charge is 2.31. The van der Waals surface area contributed by atoms with Crippen molar-refractivity contribution in [2.75, 3.05) is 13.4 Å². The normalized spacial score (nSPS) is 15.1. The van der Waals surface area contributed by atoms with E-state index in [4.69, 9.17) is 14.3 Å². The molecule has 11 nitrogen and oxygen atoms in total. The van der Waals surface area contributed by atoms with Gasteiger partial charge >= 0.3 is 6.09 Å². The fourth-order valence-corrected chi connectivity index (χ4v) is 5.00. The molecule has 3 aromatic carbocycles. The van der Waals surface area contributed by atoms with E-state index in [1.165, 1.54) is 12.1 Å². The summed E-state index contributed by atoms with van der Waals surface area (Å²) >= 11 is 0. The number of carbonyl (C=O) groups excluding carboxylic acids is 3. The largest absolute Gasteiger partial charge is 0.449 e. The van der Waals surface area contributed by atoms with Crippen LogP contribution in [0.25, 0.3) is 11.1 Å². The van der Waals surface area contributed by atoms with E-state index in [1.54, 1.807) is 13.0 Å². The van der Waals surface area contributed by atoms with Crippen molar-refractivity contribution in [3.8, 4) is 11.1 Å². The van der Waals surface area contributed by atoms with Gasteiger partial charge in [0.2, 0.25) is 0 Å². The number of imide groups is 1. The number of fused-ring (bicyclic) bond motifs is 3. The number of nitrogens with one attached hydrogen (secondary N) is 1. The Labute approximate surface area is 229 Å². The van der Waals surface area contributed by atoms with Gasteiger partial charge in [-0.2, -0.15) is 5.06 Å². The highest BCUT2D eigenvalue weighted by Crippen LogP contribution is 2.44. The zero-order valence-corrected chi connectivity index (χ0v) is 21.7. The SMILES string of the molecule is CC(OCON1C(=O)CCC1=O)c1ccc(CNC(=O)OCC2c3ccccc3-c3ccccc32)cc1[N+](=O)[O-]. The molecule has 0 spiro atoms. The number of hydrogen-bond acceptors (Lipinski definition) is 8. The first kappa shape index (κ1) is 27.0. The van der Waals surface area contributed by atoms with Crippen LogP contribution >= 0.6 is 0 Å². The molecule has 5 rings (SSSR count). The van der Waals surface area contributed by atoms with Gasteiger partial charge in [-0.05, 0) is 40.8 Å². The van der Waals surface area contributed by atoms with Gasteiger partial charge in [-0.25, -0.2) is 9.63 Å². The second-order valence-corrected chi connectivity index (χ2v) is 9.47. The number of nitro benzene ring substituents is 1. The quantitative estimate of drug-likeness (QED) is 0.167. The van der Waals surface area contributed by atoms with Crippen molar-refractivity contribution < 1.29 is 33.6 Å². The molecule has 1 heterocycles. The Morgan fingerprint density at radius 3 is 2.27 bits per heavy atom. The summed E-state index contributed by atoms with van der Waals surface area (Å²) in [5, 5.41) is 15.1. The van der Waals surface area contributed by atoms with Gasteiger partial charge in [0, 0.05) is 31.4 Å². The number of alkyl carbamates (subject to hydrolysis) is 1. The number of ether oxygens (including phenoxy) is 2. The summed E-state index contributed by atoms with van der Waals surface area (Å²) in [5.74, 6) is -0.994. The summed E-state index contributed by atoms with van der Waals surface area (Å²) in [4.78, 5) is 52.1. The predicted molar refractivity (Wildman–Crippen MR) is 142 cm³/mol. The lowest BCUT2D eigenvalue weighted by Gasteiger charge is -2.17. The molecule has 1 atom stereocenters. The maximum Gasteiger partial charge on any atom is 0.407 e. The summed E-state index contributed by atoms with van der Waals surface area (Å²) in [6, 6.07) is 20.6. The molecule has 40 heavy (non-hydrogen) atoms. The summed E-state index contributed by atoms with van der Waals surface area (Å²) < 4.78 is 11.0. The minimum Gasteiger partial charge on any atom is -0.449 e. The first-order valence-corrected chi connectivity index (χ1v) is 12.8. The van der Waals surface area contributed by atoms with Crippen molar-refractivity contribution in [1.29, 1.82) is 0 Å². The number of hydrogen-bond donors (Lipinski definition) is 1. The van der Waals surface area contributed by atoms with Crippen LogP contribution in [0.2, 0.25) is 0 Å². The van der Waals surface area contributed by atoms with Gasteiger partial charge in [-0.15, -0.1) is 0 Å². The molecule has 0 bridgehead atoms. The van der Waals surface area contributed by atoms with Gasteiger partial charge in [-0.1, -0.05) is 54.6 Å². The maximum absolute atomic E-state index is 12.5. The Bertz CT molecular complexity index is 1410. The summed E-state index contributed by atoms with van der Waals surface area (Å²) in [6.07, 6.45) is -1.25. The van der Waals surface area contributed by atoms with Crippen LogP contribution in [0.3, 0.4) is 0 Å². The van der Waals surface area contributed by atoms with Crippen molar-refractivity contribution in [2.24, 2.45) is 0 Å². The molecular formula is C29H27N3O8. The lowest BCUT2D eigenvalue weighted by atomic mass is 9.98. The third-order valence-corrected chi connectivity index (χ3v) is 7.02. The fourth-order valence-electron chi connectivity index (χ4n) is 5.00. The Balaban J connectivity index is 1.16. The molecule has 11 heteroatoms. The van der Waals surface area contributed by atoms with Crippen LogP contribution in [0, 0.1) is 10.1 Å². The predicted octanol–water partition coefficient (Wildman–Crippen LogP) is 4.75. The summed E-state index contributed by atoms with van der Waals surface area (Å²) in [6.45, 7) is 1.34. The second kappa shape index (κ2) is 11.6. The standard InChI is InChI=1S/C29H27N3O8/c1-18(39-17-40-31-27(33)12-13-28(31)34)20-11-10-19(14-26(20)32(36)37)15-30-29(35)38-16-25-23-8-4-2-6-21(23)22-7-3-5-9-24(22)25/h2-11,14,18,25H,12-13,15-17H2,1H3,(H,30,35). The third kappa shape index (κ3) is 5.56. The zero-order valence-electron chi connectivity index (χ0n) is 21.7. The van der Waals surface area contributed by atoms with Crippen LogP contribution in [0.1, 0.15) is 54.0 Å². The van der Waals surface area contributed by atoms with E-state index in [0.29, 0.717) is 10.6 Å². The molecule has 3 aromatic rings. The number of nitrogens with zero attached hydrogens (tertiary/aromatic N) is 2. The maximum atomic E-state index is 12.5. The summed E-state index contributed by atoms with van der Waals surface area (Å²) in [7, 11) is 0. The first-order chi connectivity index (χ1) is 19.3. The minimum atomic E-state index is -0.766. The summed E-state index contributed by atoms with van der Waals surface area (Å²) in [5.41, 5.74) is 5.03. The van der Waals surface area contributed by atoms with Gasteiger partial charge in [0.25, 0.3) is 17.5 Å². The molecule has 1 N–H and O–H groups in total. The Hall–Kier alpha value is -4.61. The topological polar surface area (TPSA) is 137 Å². The lowest BCUT2D eigenvalue weighted by molar-refractivity contribution is -0.386. The van der Waals surface area contributed by atoms with E-state index in [1.807, 2.05) is 36.4 Å². The van der Waals surface area contributed by atoms with Crippen LogP contribution in [0.15, 0.2) is 66.7 Å². The van der Waals surface area contributed by atoms with E-state index in [9.17, 15) is 24.5 Å². The van der Waals surface area contributed by atoms with E-state index < -0.39 is 35.7 Å². The Kier molecular flexibility index (Phi) is 7.85. The minimum absolute atomic E-state index is 0.0231. The van der Waals surface area contributed by atoms with Crippen molar-refractivity contribution >= 4 is 23.6 Å². The lowest BCUT2D eigenvalue weighted by Crippen LogP contribution is -2.30. The molecule has 1 unspecified atom stereocenters. The molecule has 206 valence electrons. The molecular weight excluding hydrogens is 518 g/mol. The van der Waals surface area contributed by atoms with Gasteiger partial charge < -0.3 is 14.8 Å². The number of hydroxylamine groups is 2. The highest BCUT2D eigenvalue weighted by atomic mass is 16.8. The number of benzene rings is 3. The van der Waals surface area contributed by atoms with Gasteiger partial charge in [0.15, 0.2) is 6.79 Å². The second-order valence-electron chi connectivity index (χ2n) is 9.47. The van der Waals surface area contributed by atoms with Crippen LogP contribution in [-0.2, 0) is 30.4 Å². The van der Waals surface area contributed by atoms with Gasteiger partial charge in [0.1, 0.15) is 6.61 Å². The van der Waals surface area contributed by atoms with Crippen molar-refractivity contribution in [3.05, 3.63) is 99.1 Å². The van der Waals surface area contributed by atoms with Crippen LogP contribution < -0.4 is 5.32 Å². The van der Waals surface area contributed by atoms with E-state index in [0.717, 1.165) is 22.3 Å². The Morgan fingerprint density at radius 1 is 1.02 bits per heavy atom. The molecule has 0 radical (unpaired) electrons. The van der Waals surface area contributed by atoms with Crippen molar-refractivity contribution in [1.82, 2.24) is 10.4 Å². The average molecular weight is 546 g/mol. The number of nitro groups is 1. The monoisotopic (exact) mass is 545 g/mol. The highest BCUT2D eigenvalue weighted by molar-refractivity contribution is 6.00. The third-order valence-electron chi connectivity index (χ3n) is 7.02. The fraction of sp³-hybridized carbons (Fsp3) is 0.276. The molecule has 1 fully saturated rings. The number of carbonyl (C=O) groups is 3. The van der Waals surface area contributed by atoms with E-state index in [2.05, 4.69) is 17.4 Å². The first-order valence-electron chi connectivity index (χ1n) is 12.8. The smallest absolute Gasteiger partial charge is 0.407 e. The molecule has 1 aliphatic heterocycles. The van der Waals surface area contributed by atoms with Crippen LogP contribution in [0.4, 0.5) is 10.5 Å². The van der Waals surface area contributed by atoms with Gasteiger partial charge in [0.05, 0.1) is 16.6 Å². The molecule has 1 saturated heterocycles. The number of rotatable bonds is 10. The molecule has 0 aromatic heterocycles. The number of amides is 3. The Morgan fingerprint density at radius 2 is 1.65 bits per heavy atom. The van der Waals surface area contributed by atoms with Gasteiger partial charge in [-0.3, -0.25) is 19.7 Å². The average Bonchev–Trinajstić information content (AvgIpc) is 3.46.